The van der Waals surface area contributed by atoms with Crippen molar-refractivity contribution < 1.29 is 9.47 Å². The standard InChI is InChI=1S/C19H33NO2/c1-4-5-6-7-8-11-14-20-17(2)18-12-9-10-13-19(18)22-16-15-21-3/h9-10,12-13,17,20H,4-8,11,14-16H2,1-3H3. The third-order valence-corrected chi connectivity index (χ3v) is 3.91. The molecule has 3 heteroatoms. The molecule has 0 saturated carbocycles. The minimum atomic E-state index is 0.314. The number of rotatable bonds is 13. The van der Waals surface area contributed by atoms with E-state index in [0.29, 0.717) is 19.3 Å². The number of hydrogen-bond acceptors (Lipinski definition) is 3. The molecular weight excluding hydrogens is 274 g/mol. The maximum absolute atomic E-state index is 5.81. The van der Waals surface area contributed by atoms with Gasteiger partial charge >= 0.3 is 0 Å². The van der Waals surface area contributed by atoms with Gasteiger partial charge in [0.2, 0.25) is 0 Å². The van der Waals surface area contributed by atoms with Crippen LogP contribution in [0, 0.1) is 0 Å². The second-order valence-corrected chi connectivity index (χ2v) is 5.82. The van der Waals surface area contributed by atoms with Crippen molar-refractivity contribution in [2.75, 3.05) is 26.9 Å². The predicted octanol–water partition coefficient (Wildman–Crippen LogP) is 4.72. The van der Waals surface area contributed by atoms with Crippen molar-refractivity contribution in [2.24, 2.45) is 0 Å². The maximum atomic E-state index is 5.81. The average molecular weight is 307 g/mol. The smallest absolute Gasteiger partial charge is 0.124 e. The molecule has 0 heterocycles. The van der Waals surface area contributed by atoms with Crippen LogP contribution in [0.15, 0.2) is 24.3 Å². The number of para-hydroxylation sites is 1. The first kappa shape index (κ1) is 19.0. The molecule has 3 nitrogen and oxygen atoms in total. The molecule has 1 unspecified atom stereocenters. The lowest BCUT2D eigenvalue weighted by molar-refractivity contribution is 0.145. The molecule has 0 fully saturated rings. The summed E-state index contributed by atoms with van der Waals surface area (Å²) in [5.74, 6) is 0.961. The Labute approximate surface area is 136 Å². The van der Waals surface area contributed by atoms with Gasteiger partial charge in [0, 0.05) is 18.7 Å². The predicted molar refractivity (Wildman–Crippen MR) is 93.6 cm³/mol. The van der Waals surface area contributed by atoms with Gasteiger partial charge in [-0.3, -0.25) is 0 Å². The van der Waals surface area contributed by atoms with E-state index in [0.717, 1.165) is 12.3 Å². The van der Waals surface area contributed by atoms with Gasteiger partial charge in [-0.05, 0) is 26.0 Å². The maximum Gasteiger partial charge on any atom is 0.124 e. The van der Waals surface area contributed by atoms with Gasteiger partial charge in [0.1, 0.15) is 12.4 Å². The summed E-state index contributed by atoms with van der Waals surface area (Å²) in [6, 6.07) is 8.58. The molecule has 0 spiro atoms. The Kier molecular flexibility index (Phi) is 10.8. The Morgan fingerprint density at radius 3 is 2.50 bits per heavy atom. The summed E-state index contributed by atoms with van der Waals surface area (Å²) in [5, 5.41) is 3.61. The Hall–Kier alpha value is -1.06. The molecule has 1 aromatic rings. The summed E-state index contributed by atoms with van der Waals surface area (Å²) in [6.07, 6.45) is 8.00. The minimum absolute atomic E-state index is 0.314. The van der Waals surface area contributed by atoms with E-state index in [1.165, 1.54) is 44.1 Å². The van der Waals surface area contributed by atoms with Crippen molar-refractivity contribution in [3.63, 3.8) is 0 Å². The van der Waals surface area contributed by atoms with Crippen LogP contribution in [0.5, 0.6) is 5.75 Å². The van der Waals surface area contributed by atoms with Gasteiger partial charge in [-0.2, -0.15) is 0 Å². The molecule has 1 atom stereocenters. The first-order valence-electron chi connectivity index (χ1n) is 8.73. The highest BCUT2D eigenvalue weighted by Crippen LogP contribution is 2.24. The van der Waals surface area contributed by atoms with E-state index in [4.69, 9.17) is 9.47 Å². The first-order chi connectivity index (χ1) is 10.8. The van der Waals surface area contributed by atoms with Crippen LogP contribution in [0.3, 0.4) is 0 Å². The fraction of sp³-hybridized carbons (Fsp3) is 0.684. The van der Waals surface area contributed by atoms with Crippen LogP contribution >= 0.6 is 0 Å². The van der Waals surface area contributed by atoms with Crippen LogP contribution in [0.4, 0.5) is 0 Å². The lowest BCUT2D eigenvalue weighted by Gasteiger charge is -2.18. The van der Waals surface area contributed by atoms with Crippen molar-refractivity contribution in [2.45, 2.75) is 58.4 Å². The summed E-state index contributed by atoms with van der Waals surface area (Å²) in [5.41, 5.74) is 1.23. The zero-order chi connectivity index (χ0) is 16.0. The topological polar surface area (TPSA) is 30.5 Å². The SMILES string of the molecule is CCCCCCCCNC(C)c1ccccc1OCCOC. The van der Waals surface area contributed by atoms with E-state index in [2.05, 4.69) is 31.3 Å². The van der Waals surface area contributed by atoms with Gasteiger partial charge in [-0.25, -0.2) is 0 Å². The second-order valence-electron chi connectivity index (χ2n) is 5.82. The monoisotopic (exact) mass is 307 g/mol. The highest BCUT2D eigenvalue weighted by molar-refractivity contribution is 5.35. The molecule has 0 aliphatic heterocycles. The van der Waals surface area contributed by atoms with Crippen molar-refractivity contribution in [3.8, 4) is 5.75 Å². The summed E-state index contributed by atoms with van der Waals surface area (Å²) in [7, 11) is 1.69. The fourth-order valence-corrected chi connectivity index (χ4v) is 2.54. The number of benzene rings is 1. The zero-order valence-electron chi connectivity index (χ0n) is 14.6. The van der Waals surface area contributed by atoms with Gasteiger partial charge < -0.3 is 14.8 Å². The molecule has 126 valence electrons. The van der Waals surface area contributed by atoms with Crippen LogP contribution in [0.2, 0.25) is 0 Å². The third kappa shape index (κ3) is 7.81. The molecule has 1 rings (SSSR count). The van der Waals surface area contributed by atoms with Gasteiger partial charge in [0.05, 0.1) is 6.61 Å². The van der Waals surface area contributed by atoms with Gasteiger partial charge in [0.15, 0.2) is 0 Å². The van der Waals surface area contributed by atoms with Gasteiger partial charge in [-0.15, -0.1) is 0 Å². The molecule has 22 heavy (non-hydrogen) atoms. The van der Waals surface area contributed by atoms with E-state index in [-0.39, 0.29) is 0 Å². The summed E-state index contributed by atoms with van der Waals surface area (Å²) in [6.45, 7) is 6.75. The number of unbranched alkanes of at least 4 members (excludes halogenated alkanes) is 5. The van der Waals surface area contributed by atoms with E-state index in [1.807, 2.05) is 12.1 Å². The van der Waals surface area contributed by atoms with Crippen molar-refractivity contribution in [1.29, 1.82) is 0 Å². The number of hydrogen-bond donors (Lipinski definition) is 1. The molecule has 0 aliphatic rings. The molecule has 0 radical (unpaired) electrons. The minimum Gasteiger partial charge on any atom is -0.491 e. The molecule has 1 N–H and O–H groups in total. The van der Waals surface area contributed by atoms with Gasteiger partial charge in [0.25, 0.3) is 0 Å². The number of nitrogens with one attached hydrogen (secondary N) is 1. The summed E-state index contributed by atoms with van der Waals surface area (Å²) >= 11 is 0. The number of ether oxygens (including phenoxy) is 2. The van der Waals surface area contributed by atoms with Crippen molar-refractivity contribution >= 4 is 0 Å². The van der Waals surface area contributed by atoms with Crippen LogP contribution in [0.1, 0.15) is 64.0 Å². The van der Waals surface area contributed by atoms with E-state index in [1.54, 1.807) is 7.11 Å². The van der Waals surface area contributed by atoms with E-state index in [9.17, 15) is 0 Å². The van der Waals surface area contributed by atoms with Gasteiger partial charge in [-0.1, -0.05) is 57.2 Å². The lowest BCUT2D eigenvalue weighted by atomic mass is 10.1. The molecule has 0 saturated heterocycles. The molecule has 0 aliphatic carbocycles. The molecule has 1 aromatic carbocycles. The van der Waals surface area contributed by atoms with E-state index < -0.39 is 0 Å². The summed E-state index contributed by atoms with van der Waals surface area (Å²) < 4.78 is 10.8. The van der Waals surface area contributed by atoms with Crippen LogP contribution in [-0.4, -0.2) is 26.9 Å². The van der Waals surface area contributed by atoms with Crippen LogP contribution in [-0.2, 0) is 4.74 Å². The lowest BCUT2D eigenvalue weighted by Crippen LogP contribution is -2.20. The van der Waals surface area contributed by atoms with Crippen molar-refractivity contribution in [1.82, 2.24) is 5.32 Å². The largest absolute Gasteiger partial charge is 0.491 e. The molecule has 0 bridgehead atoms. The fourth-order valence-electron chi connectivity index (χ4n) is 2.54. The highest BCUT2D eigenvalue weighted by Gasteiger charge is 2.10. The molecule has 0 aromatic heterocycles. The second kappa shape index (κ2) is 12.5. The third-order valence-electron chi connectivity index (χ3n) is 3.91. The summed E-state index contributed by atoms with van der Waals surface area (Å²) in [4.78, 5) is 0. The zero-order valence-corrected chi connectivity index (χ0v) is 14.6. The quantitative estimate of drug-likeness (QED) is 0.535. The van der Waals surface area contributed by atoms with Crippen LogP contribution < -0.4 is 10.1 Å². The number of methoxy groups -OCH3 is 1. The average Bonchev–Trinajstić information content (AvgIpc) is 2.54. The Morgan fingerprint density at radius 1 is 1.00 bits per heavy atom. The molecular formula is C19H33NO2. The Morgan fingerprint density at radius 2 is 1.73 bits per heavy atom. The van der Waals surface area contributed by atoms with E-state index >= 15 is 0 Å². The first-order valence-corrected chi connectivity index (χ1v) is 8.73. The van der Waals surface area contributed by atoms with Crippen molar-refractivity contribution in [3.05, 3.63) is 29.8 Å². The normalized spacial score (nSPS) is 12.3. The Bertz CT molecular complexity index is 381. The molecule has 0 amide bonds. The van der Waals surface area contributed by atoms with Crippen LogP contribution in [0.25, 0.3) is 0 Å². The highest BCUT2D eigenvalue weighted by atomic mass is 16.5. The Balaban J connectivity index is 2.30.